The lowest BCUT2D eigenvalue weighted by molar-refractivity contribution is 0.0953. The SMILES string of the molecule is NCCCCNC(=O)c1ccnc(Nc2nc3ccc(N)cc3s2)c1. The molecule has 0 unspecified atom stereocenters. The van der Waals surface area contributed by atoms with Crippen LogP contribution in [0.4, 0.5) is 16.6 Å². The third-order valence-corrected chi connectivity index (χ3v) is 4.52. The number of amides is 1. The molecule has 1 amide bonds. The maximum Gasteiger partial charge on any atom is 0.251 e. The molecule has 6 N–H and O–H groups in total. The monoisotopic (exact) mass is 356 g/mol. The highest BCUT2D eigenvalue weighted by atomic mass is 32.1. The fourth-order valence-corrected chi connectivity index (χ4v) is 3.24. The molecule has 2 aromatic heterocycles. The zero-order valence-electron chi connectivity index (χ0n) is 13.7. The summed E-state index contributed by atoms with van der Waals surface area (Å²) in [4.78, 5) is 20.9. The molecule has 0 fully saturated rings. The Bertz CT molecular complexity index is 878. The second-order valence-electron chi connectivity index (χ2n) is 5.55. The number of pyridine rings is 1. The van der Waals surface area contributed by atoms with E-state index in [9.17, 15) is 4.79 Å². The van der Waals surface area contributed by atoms with Gasteiger partial charge in [-0.1, -0.05) is 11.3 Å². The van der Waals surface area contributed by atoms with E-state index in [1.54, 1.807) is 18.3 Å². The molecule has 0 atom stereocenters. The first-order chi connectivity index (χ1) is 12.2. The molecule has 1 aromatic carbocycles. The van der Waals surface area contributed by atoms with Gasteiger partial charge in [0.25, 0.3) is 5.91 Å². The quantitative estimate of drug-likeness (QED) is 0.381. The van der Waals surface area contributed by atoms with Crippen LogP contribution in [0.3, 0.4) is 0 Å². The lowest BCUT2D eigenvalue weighted by Crippen LogP contribution is -2.25. The molecule has 0 aliphatic carbocycles. The average molecular weight is 356 g/mol. The highest BCUT2D eigenvalue weighted by molar-refractivity contribution is 7.22. The number of benzene rings is 1. The average Bonchev–Trinajstić information content (AvgIpc) is 3.00. The van der Waals surface area contributed by atoms with E-state index in [0.29, 0.717) is 35.3 Å². The number of nitrogens with one attached hydrogen (secondary N) is 2. The van der Waals surface area contributed by atoms with Gasteiger partial charge in [-0.3, -0.25) is 4.79 Å². The van der Waals surface area contributed by atoms with Crippen LogP contribution >= 0.6 is 11.3 Å². The van der Waals surface area contributed by atoms with E-state index in [2.05, 4.69) is 20.6 Å². The summed E-state index contributed by atoms with van der Waals surface area (Å²) in [5, 5.41) is 6.72. The number of fused-ring (bicyclic) bond motifs is 1. The van der Waals surface area contributed by atoms with Crippen molar-refractivity contribution < 1.29 is 4.79 Å². The number of carbonyl (C=O) groups is 1. The fraction of sp³-hybridized carbons (Fsp3) is 0.235. The predicted molar refractivity (Wildman–Crippen MR) is 102 cm³/mol. The Morgan fingerprint density at radius 1 is 1.20 bits per heavy atom. The van der Waals surface area contributed by atoms with Gasteiger partial charge in [0, 0.05) is 24.0 Å². The number of anilines is 3. The van der Waals surface area contributed by atoms with Crippen LogP contribution in [0.15, 0.2) is 36.5 Å². The molecule has 3 rings (SSSR count). The highest BCUT2D eigenvalue weighted by Gasteiger charge is 2.09. The molecule has 0 spiro atoms. The molecular weight excluding hydrogens is 336 g/mol. The number of hydrogen-bond donors (Lipinski definition) is 4. The molecule has 0 bridgehead atoms. The van der Waals surface area contributed by atoms with Crippen LogP contribution in [0.5, 0.6) is 0 Å². The molecule has 0 aliphatic heterocycles. The molecule has 3 aromatic rings. The van der Waals surface area contributed by atoms with Gasteiger partial charge >= 0.3 is 0 Å². The number of nitrogens with two attached hydrogens (primary N) is 2. The summed E-state index contributed by atoms with van der Waals surface area (Å²) in [6.45, 7) is 1.24. The zero-order valence-corrected chi connectivity index (χ0v) is 14.5. The molecule has 0 saturated heterocycles. The molecule has 0 radical (unpaired) electrons. The molecule has 8 heteroatoms. The largest absolute Gasteiger partial charge is 0.399 e. The van der Waals surface area contributed by atoms with Gasteiger partial charge in [0.1, 0.15) is 5.82 Å². The van der Waals surface area contributed by atoms with Crippen LogP contribution in [0.2, 0.25) is 0 Å². The van der Waals surface area contributed by atoms with Gasteiger partial charge in [-0.2, -0.15) is 0 Å². The van der Waals surface area contributed by atoms with E-state index in [-0.39, 0.29) is 5.91 Å². The minimum atomic E-state index is -0.125. The maximum atomic E-state index is 12.2. The van der Waals surface area contributed by atoms with Crippen molar-refractivity contribution in [2.75, 3.05) is 24.1 Å². The van der Waals surface area contributed by atoms with Gasteiger partial charge in [-0.05, 0) is 49.7 Å². The number of nitrogen functional groups attached to an aromatic ring is 1. The predicted octanol–water partition coefficient (Wildman–Crippen LogP) is 2.49. The summed E-state index contributed by atoms with van der Waals surface area (Å²) in [7, 11) is 0. The Labute approximate surface area is 149 Å². The summed E-state index contributed by atoms with van der Waals surface area (Å²) in [5.41, 5.74) is 13.4. The normalized spacial score (nSPS) is 10.8. The first-order valence-corrected chi connectivity index (χ1v) is 8.85. The van der Waals surface area contributed by atoms with Crippen LogP contribution in [-0.4, -0.2) is 29.0 Å². The van der Waals surface area contributed by atoms with Crippen molar-refractivity contribution >= 4 is 44.1 Å². The third-order valence-electron chi connectivity index (χ3n) is 3.59. The Morgan fingerprint density at radius 2 is 2.08 bits per heavy atom. The second kappa shape index (κ2) is 7.91. The van der Waals surface area contributed by atoms with Crippen molar-refractivity contribution in [1.29, 1.82) is 0 Å². The Hall–Kier alpha value is -2.71. The third kappa shape index (κ3) is 4.43. The number of rotatable bonds is 7. The van der Waals surface area contributed by atoms with Gasteiger partial charge in [0.15, 0.2) is 5.13 Å². The van der Waals surface area contributed by atoms with E-state index in [0.717, 1.165) is 23.1 Å². The van der Waals surface area contributed by atoms with Crippen molar-refractivity contribution in [2.45, 2.75) is 12.8 Å². The standard InChI is InChI=1S/C17H20N6OS/c18-6-1-2-7-21-16(24)11-5-8-20-15(9-11)23-17-22-13-4-3-12(19)10-14(13)25-17/h3-5,8-10H,1-2,6-7,18-19H2,(H,21,24)(H,20,22,23). The molecule has 25 heavy (non-hydrogen) atoms. The summed E-state index contributed by atoms with van der Waals surface area (Å²) >= 11 is 1.49. The van der Waals surface area contributed by atoms with Crippen LogP contribution in [0.25, 0.3) is 10.2 Å². The number of unbranched alkanes of at least 4 members (excludes halogenated alkanes) is 1. The first-order valence-electron chi connectivity index (χ1n) is 8.03. The minimum absolute atomic E-state index is 0.125. The van der Waals surface area contributed by atoms with Crippen molar-refractivity contribution in [3.63, 3.8) is 0 Å². The summed E-state index contributed by atoms with van der Waals surface area (Å²) in [6.07, 6.45) is 3.36. The highest BCUT2D eigenvalue weighted by Crippen LogP contribution is 2.29. The lowest BCUT2D eigenvalue weighted by Gasteiger charge is -2.06. The summed E-state index contributed by atoms with van der Waals surface area (Å²) < 4.78 is 0.997. The molecule has 0 saturated carbocycles. The lowest BCUT2D eigenvalue weighted by atomic mass is 10.2. The van der Waals surface area contributed by atoms with E-state index >= 15 is 0 Å². The Kier molecular flexibility index (Phi) is 5.42. The Morgan fingerprint density at radius 3 is 2.92 bits per heavy atom. The molecule has 0 aliphatic rings. The number of thiazole rings is 1. The maximum absolute atomic E-state index is 12.2. The zero-order chi connectivity index (χ0) is 17.6. The smallest absolute Gasteiger partial charge is 0.251 e. The molecular formula is C17H20N6OS. The number of aromatic nitrogens is 2. The van der Waals surface area contributed by atoms with Gasteiger partial charge in [-0.25, -0.2) is 9.97 Å². The molecule has 7 nitrogen and oxygen atoms in total. The van der Waals surface area contributed by atoms with E-state index in [1.807, 2.05) is 18.2 Å². The van der Waals surface area contributed by atoms with Gasteiger partial charge < -0.3 is 22.1 Å². The Balaban J connectivity index is 1.69. The van der Waals surface area contributed by atoms with E-state index in [1.165, 1.54) is 11.3 Å². The summed E-state index contributed by atoms with van der Waals surface area (Å²) in [6, 6.07) is 8.97. The van der Waals surface area contributed by atoms with Crippen LogP contribution in [-0.2, 0) is 0 Å². The van der Waals surface area contributed by atoms with Crippen LogP contribution in [0, 0.1) is 0 Å². The van der Waals surface area contributed by atoms with Crippen LogP contribution < -0.4 is 22.1 Å². The fourth-order valence-electron chi connectivity index (χ4n) is 2.32. The van der Waals surface area contributed by atoms with Gasteiger partial charge in [0.05, 0.1) is 10.2 Å². The van der Waals surface area contributed by atoms with E-state index < -0.39 is 0 Å². The topological polar surface area (TPSA) is 119 Å². The minimum Gasteiger partial charge on any atom is -0.399 e. The van der Waals surface area contributed by atoms with Gasteiger partial charge in [-0.15, -0.1) is 0 Å². The van der Waals surface area contributed by atoms with E-state index in [4.69, 9.17) is 11.5 Å². The number of carbonyl (C=O) groups excluding carboxylic acids is 1. The van der Waals surface area contributed by atoms with Crippen molar-refractivity contribution in [2.24, 2.45) is 5.73 Å². The van der Waals surface area contributed by atoms with Crippen molar-refractivity contribution in [1.82, 2.24) is 15.3 Å². The van der Waals surface area contributed by atoms with Crippen molar-refractivity contribution in [3.05, 3.63) is 42.1 Å². The number of nitrogens with zero attached hydrogens (tertiary/aromatic N) is 2. The molecule has 2 heterocycles. The van der Waals surface area contributed by atoms with Crippen LogP contribution in [0.1, 0.15) is 23.2 Å². The number of hydrogen-bond acceptors (Lipinski definition) is 7. The second-order valence-corrected chi connectivity index (χ2v) is 6.58. The van der Waals surface area contributed by atoms with Gasteiger partial charge in [0.2, 0.25) is 0 Å². The van der Waals surface area contributed by atoms with Crippen molar-refractivity contribution in [3.8, 4) is 0 Å². The first kappa shape index (κ1) is 17.1. The molecule has 130 valence electrons. The summed E-state index contributed by atoms with van der Waals surface area (Å²) in [5.74, 6) is 0.446.